The monoisotopic (exact) mass is 1280 g/mol. The van der Waals surface area contributed by atoms with Crippen molar-refractivity contribution in [2.75, 3.05) is 144 Å². The zero-order chi connectivity index (χ0) is 68.4. The summed E-state index contributed by atoms with van der Waals surface area (Å²) in [4.78, 5) is 17.4. The summed E-state index contributed by atoms with van der Waals surface area (Å²) in [5.74, 6) is 0. The lowest BCUT2D eigenvalue weighted by molar-refractivity contribution is 0.119. The summed E-state index contributed by atoms with van der Waals surface area (Å²) in [5.41, 5.74) is 35.3. The Hall–Kier alpha value is -0.840. The smallest absolute Gasteiger partial charge is 0.0226 e. The van der Waals surface area contributed by atoms with Gasteiger partial charge in [-0.2, -0.15) is 0 Å². The minimum absolute atomic E-state index is 0.0726. The fourth-order valence-corrected chi connectivity index (χ4v) is 14.5. The van der Waals surface area contributed by atoms with Gasteiger partial charge in [0.05, 0.1) is 0 Å². The van der Waals surface area contributed by atoms with Gasteiger partial charge < -0.3 is 81.8 Å². The predicted molar refractivity (Wildman–Crippen MR) is 393 cm³/mol. The molecule has 7 aliphatic rings. The minimum Gasteiger partial charge on any atom is -0.328 e. The van der Waals surface area contributed by atoms with E-state index in [0.29, 0.717) is 115 Å². The third kappa shape index (κ3) is 43.4. The lowest BCUT2D eigenvalue weighted by Crippen LogP contribution is -2.59. The van der Waals surface area contributed by atoms with Gasteiger partial charge in [-0.3, -0.25) is 29.4 Å². The highest BCUT2D eigenvalue weighted by Crippen LogP contribution is 2.13. The normalized spacial score (nSPS) is 33.3. The topological polar surface area (TPSA) is 275 Å². The van der Waals surface area contributed by atoms with Crippen molar-refractivity contribution in [3.63, 3.8) is 0 Å². The lowest BCUT2D eigenvalue weighted by Gasteiger charge is -2.40. The first-order valence-electron chi connectivity index (χ1n) is 36.6. The summed E-state index contributed by atoms with van der Waals surface area (Å²) in [6.45, 7) is 71.8. The van der Waals surface area contributed by atoms with Crippen molar-refractivity contribution in [1.82, 2.24) is 76.8 Å². The van der Waals surface area contributed by atoms with Gasteiger partial charge in [0.15, 0.2) is 0 Å². The maximum atomic E-state index is 6.04. The van der Waals surface area contributed by atoms with Crippen LogP contribution < -0.4 is 76.9 Å². The maximum Gasteiger partial charge on any atom is 0.0226 e. The van der Waals surface area contributed by atoms with Gasteiger partial charge >= 0.3 is 0 Å². The summed E-state index contributed by atoms with van der Waals surface area (Å²) in [6, 6.07) is 10.6. The van der Waals surface area contributed by atoms with Crippen molar-refractivity contribution in [2.24, 2.45) is 34.4 Å². The van der Waals surface area contributed by atoms with E-state index in [2.05, 4.69) is 229 Å². The molecular formula is C69H159N21. The fourth-order valence-electron chi connectivity index (χ4n) is 14.5. The number of nitrogens with zero attached hydrogens (tertiary/aromatic N) is 7. The van der Waals surface area contributed by atoms with Crippen molar-refractivity contribution in [2.45, 2.75) is 304 Å². The molecule has 0 aliphatic carbocycles. The molecule has 21 nitrogen and oxygen atoms in total. The summed E-state index contributed by atoms with van der Waals surface area (Å²) < 4.78 is 0. The molecule has 90 heavy (non-hydrogen) atoms. The summed E-state index contributed by atoms with van der Waals surface area (Å²) in [7, 11) is 2.01. The van der Waals surface area contributed by atoms with E-state index in [1.807, 2.05) is 7.05 Å². The number of hydrogen-bond acceptors (Lipinski definition) is 21. The van der Waals surface area contributed by atoms with E-state index >= 15 is 0 Å². The van der Waals surface area contributed by atoms with E-state index < -0.39 is 0 Å². The van der Waals surface area contributed by atoms with Crippen LogP contribution in [0.25, 0.3) is 0 Å². The predicted octanol–water partition coefficient (Wildman–Crippen LogP) is 2.32. The van der Waals surface area contributed by atoms with Gasteiger partial charge in [0.2, 0.25) is 0 Å². The molecule has 7 heterocycles. The lowest BCUT2D eigenvalue weighted by atomic mass is 10.0. The minimum atomic E-state index is -0.0726. The van der Waals surface area contributed by atoms with Gasteiger partial charge in [-0.05, 0) is 171 Å². The van der Waals surface area contributed by atoms with E-state index in [-0.39, 0.29) is 11.6 Å². The van der Waals surface area contributed by atoms with Crippen LogP contribution in [0.15, 0.2) is 0 Å². The van der Waals surface area contributed by atoms with Crippen molar-refractivity contribution < 1.29 is 0 Å². The fraction of sp³-hybridized carbons (Fsp3) is 1.00. The van der Waals surface area contributed by atoms with Gasteiger partial charge in [-0.15, -0.1) is 0 Å². The Bertz CT molecular complexity index is 1640. The molecule has 7 rings (SSSR count). The molecular weight excluding hydrogens is 1120 g/mol. The van der Waals surface area contributed by atoms with E-state index in [1.165, 1.54) is 26.1 Å². The first-order chi connectivity index (χ1) is 42.0. The Morgan fingerprint density at radius 1 is 0.389 bits per heavy atom. The first kappa shape index (κ1) is 87.2. The number of rotatable bonds is 19. The number of nitrogens with one attached hydrogen (secondary N) is 8. The van der Waals surface area contributed by atoms with Crippen molar-refractivity contribution in [1.29, 1.82) is 0 Å². The second-order valence-electron chi connectivity index (χ2n) is 31.3. The molecule has 20 atom stereocenters. The van der Waals surface area contributed by atoms with E-state index in [9.17, 15) is 0 Å². The highest BCUT2D eigenvalue weighted by Gasteiger charge is 2.29. The highest BCUT2D eigenvalue weighted by atomic mass is 15.3. The molecule has 7 aliphatic heterocycles. The summed E-state index contributed by atoms with van der Waals surface area (Å²) in [6.07, 6.45) is 4.52. The van der Waals surface area contributed by atoms with Crippen LogP contribution in [-0.4, -0.2) is 305 Å². The summed E-state index contributed by atoms with van der Waals surface area (Å²) >= 11 is 0. The Labute approximate surface area is 557 Å². The van der Waals surface area contributed by atoms with Crippen LogP contribution in [0.1, 0.15) is 178 Å². The standard InChI is InChI=1S/C11H25N3.4C10H23N3.2C9H21N3/c1-4-5-11(12)8-14-6-9(2)13-10(3)7-14;1-8-5-13(6-9(2)12-8)7-10(3,4)11;1-7-5-13(6-8(2)12-7)10(4)9(3)11;1-8(11)4-5-13-6-9(2)12-10(3)7-13;1-4-10(11)7-13-5-8(2)12-9(3)6-13;1-7(10)4-12-5-8(2)11-9(3)6-12;1-8-6-12(5-4-10-3)7-9(2)11-8/h9-11,13H,4-8,12H2,1-3H3;8-9,12H,5-7,11H2,1-4H3;7-10,12H,5-6,11H2,1-4H3;2*8-10,12H,4-7,11H2,1-3H3;7-9,11H,4-6,10H2,1-3H3;8-11H,4-7H2,1-3H3. The molecule has 0 spiro atoms. The summed E-state index contributed by atoms with van der Waals surface area (Å²) in [5, 5.41) is 27.8. The van der Waals surface area contributed by atoms with E-state index in [4.69, 9.17) is 34.4 Å². The van der Waals surface area contributed by atoms with Gasteiger partial charge in [0.25, 0.3) is 0 Å². The van der Waals surface area contributed by atoms with Crippen molar-refractivity contribution in [3.05, 3.63) is 0 Å². The Kier molecular flexibility index (Phi) is 45.7. The number of hydrogen-bond donors (Lipinski definition) is 14. The highest BCUT2D eigenvalue weighted by molar-refractivity contribution is 4.90. The van der Waals surface area contributed by atoms with Crippen LogP contribution in [0.2, 0.25) is 0 Å². The molecule has 20 unspecified atom stereocenters. The molecule has 21 heteroatoms. The van der Waals surface area contributed by atoms with Crippen LogP contribution in [0, 0.1) is 0 Å². The van der Waals surface area contributed by atoms with Crippen molar-refractivity contribution in [3.8, 4) is 0 Å². The maximum absolute atomic E-state index is 6.04. The molecule has 20 N–H and O–H groups in total. The zero-order valence-electron chi connectivity index (χ0n) is 63.3. The number of nitrogens with two attached hydrogens (primary N) is 6. The molecule has 0 aromatic heterocycles. The number of piperazine rings is 7. The second-order valence-corrected chi connectivity index (χ2v) is 31.3. The molecule has 0 radical (unpaired) electrons. The Balaban J connectivity index is 0.000000525. The van der Waals surface area contributed by atoms with Crippen LogP contribution in [0.5, 0.6) is 0 Å². The van der Waals surface area contributed by atoms with Crippen molar-refractivity contribution >= 4 is 0 Å². The molecule has 7 fully saturated rings. The molecule has 540 valence electrons. The first-order valence-corrected chi connectivity index (χ1v) is 36.6. The third-order valence-electron chi connectivity index (χ3n) is 17.6. The third-order valence-corrected chi connectivity index (χ3v) is 17.6. The average molecular weight is 1280 g/mol. The molecule has 0 aromatic rings. The SMILES string of the molecule is CC(N)CCN1CC(C)NC(C)C1.CC(N)CN1CC(C)NC(C)C1.CC1CN(C(C)C(C)N)CC(C)N1.CC1CN(CC(C)(C)N)CC(C)N1.CCC(N)CN1CC(C)NC(C)C1.CCCC(N)CN1CC(C)NC(C)C1.CNCCN1CC(C)NC(C)C1. The largest absolute Gasteiger partial charge is 0.328 e. The van der Waals surface area contributed by atoms with Gasteiger partial charge in [0.1, 0.15) is 0 Å². The molecule has 0 saturated carbocycles. The quantitative estimate of drug-likeness (QED) is 0.0884. The van der Waals surface area contributed by atoms with Gasteiger partial charge in [-0.25, -0.2) is 0 Å². The number of likely N-dealkylation sites (N-methyl/N-ethyl adjacent to an activating group) is 1. The molecule has 0 aromatic carbocycles. The van der Waals surface area contributed by atoms with E-state index in [0.717, 1.165) is 137 Å². The molecule has 7 saturated heterocycles. The average Bonchev–Trinajstić information content (AvgIpc) is 1.53. The van der Waals surface area contributed by atoms with Crippen LogP contribution in [-0.2, 0) is 0 Å². The Morgan fingerprint density at radius 2 is 0.678 bits per heavy atom. The van der Waals surface area contributed by atoms with Crippen LogP contribution >= 0.6 is 0 Å². The molecule has 0 bridgehead atoms. The van der Waals surface area contributed by atoms with Gasteiger partial charge in [0, 0.05) is 257 Å². The van der Waals surface area contributed by atoms with Crippen LogP contribution in [0.4, 0.5) is 0 Å². The van der Waals surface area contributed by atoms with Crippen LogP contribution in [0.3, 0.4) is 0 Å². The van der Waals surface area contributed by atoms with Gasteiger partial charge in [-0.1, -0.05) is 20.3 Å². The zero-order valence-corrected chi connectivity index (χ0v) is 63.3. The van der Waals surface area contributed by atoms with E-state index in [1.54, 1.807) is 0 Å². The second kappa shape index (κ2) is 47.2. The Morgan fingerprint density at radius 3 is 0.956 bits per heavy atom. The molecule has 0 amide bonds.